The Morgan fingerprint density at radius 1 is 1.67 bits per heavy atom. The van der Waals surface area contributed by atoms with Crippen LogP contribution in [0.3, 0.4) is 0 Å². The zero-order valence-corrected chi connectivity index (χ0v) is 11.3. The molecule has 0 aromatic rings. The van der Waals surface area contributed by atoms with Gasteiger partial charge in [-0.25, -0.2) is 4.79 Å². The highest BCUT2D eigenvalue weighted by molar-refractivity contribution is 8.23. The fraction of sp³-hybridized carbons (Fsp3) is 0.600. The van der Waals surface area contributed by atoms with E-state index in [1.54, 1.807) is 6.92 Å². The Kier molecular flexibility index (Phi) is 3.63. The average Bonchev–Trinajstić information content (AvgIpc) is 2.56. The summed E-state index contributed by atoms with van der Waals surface area (Å²) < 4.78 is 0.475. The van der Waals surface area contributed by atoms with Crippen molar-refractivity contribution in [2.24, 2.45) is 0 Å². The molecule has 2 heterocycles. The van der Waals surface area contributed by atoms with Gasteiger partial charge in [0.1, 0.15) is 4.87 Å². The molecule has 0 bridgehead atoms. The summed E-state index contributed by atoms with van der Waals surface area (Å²) in [5.74, 6) is -1.12. The number of amides is 1. The van der Waals surface area contributed by atoms with E-state index in [4.69, 9.17) is 5.11 Å². The van der Waals surface area contributed by atoms with Crippen molar-refractivity contribution in [3.05, 3.63) is 9.93 Å². The molecule has 1 fully saturated rings. The molecule has 1 amide bonds. The van der Waals surface area contributed by atoms with Crippen molar-refractivity contribution < 1.29 is 24.9 Å². The van der Waals surface area contributed by atoms with Crippen LogP contribution in [0.4, 0.5) is 0 Å². The third-order valence-corrected chi connectivity index (χ3v) is 5.74. The first kappa shape index (κ1) is 13.7. The molecule has 8 heteroatoms. The summed E-state index contributed by atoms with van der Waals surface area (Å²) in [6.07, 6.45) is -0.684. The van der Waals surface area contributed by atoms with Gasteiger partial charge >= 0.3 is 5.97 Å². The molecule has 6 nitrogen and oxygen atoms in total. The van der Waals surface area contributed by atoms with Crippen LogP contribution >= 0.6 is 23.5 Å². The Labute approximate surface area is 112 Å². The number of carboxylic acids is 1. The van der Waals surface area contributed by atoms with Gasteiger partial charge in [-0.15, -0.1) is 11.8 Å². The van der Waals surface area contributed by atoms with E-state index in [9.17, 15) is 19.8 Å². The lowest BCUT2D eigenvalue weighted by atomic mass is 9.95. The van der Waals surface area contributed by atoms with Crippen LogP contribution in [0, 0.1) is 0 Å². The van der Waals surface area contributed by atoms with E-state index in [-0.39, 0.29) is 24.6 Å². The highest BCUT2D eigenvalue weighted by Crippen LogP contribution is 2.59. The van der Waals surface area contributed by atoms with Crippen LogP contribution in [0.5, 0.6) is 0 Å². The number of hydrogen-bond acceptors (Lipinski definition) is 6. The van der Waals surface area contributed by atoms with Crippen molar-refractivity contribution in [3.63, 3.8) is 0 Å². The second kappa shape index (κ2) is 4.76. The summed E-state index contributed by atoms with van der Waals surface area (Å²) in [5.41, 5.74) is -0.0735. The Bertz CT molecular complexity index is 436. The minimum Gasteiger partial charge on any atom is -0.477 e. The fourth-order valence-corrected chi connectivity index (χ4v) is 4.79. The number of thioether (sulfide) groups is 2. The standard InChI is InChI=1S/C10H13NO5S2/c1-5(13)10-4-6(14)11(10)7(8(15)16)9(18-10)17-3-2-12/h5,12-13H,2-4H2,1H3,(H,15,16)/t5?,10-/m1/s1. The summed E-state index contributed by atoms with van der Waals surface area (Å²) in [6.45, 7) is 1.48. The lowest BCUT2D eigenvalue weighted by molar-refractivity contribution is -0.155. The topological polar surface area (TPSA) is 98.1 Å². The molecule has 0 aliphatic carbocycles. The van der Waals surface area contributed by atoms with Gasteiger partial charge in [-0.1, -0.05) is 11.8 Å². The summed E-state index contributed by atoms with van der Waals surface area (Å²) in [4.78, 5) is 23.2. The van der Waals surface area contributed by atoms with Crippen LogP contribution in [0.15, 0.2) is 9.93 Å². The minimum absolute atomic E-state index is 0.0722. The summed E-state index contributed by atoms with van der Waals surface area (Å²) in [7, 11) is 0. The first-order valence-corrected chi connectivity index (χ1v) is 7.15. The third-order valence-electron chi connectivity index (χ3n) is 2.90. The highest BCUT2D eigenvalue weighted by Gasteiger charge is 2.62. The van der Waals surface area contributed by atoms with Crippen molar-refractivity contribution in [2.75, 3.05) is 12.4 Å². The lowest BCUT2D eigenvalue weighted by Gasteiger charge is -2.48. The molecular formula is C10H13NO5S2. The van der Waals surface area contributed by atoms with Gasteiger partial charge in [0, 0.05) is 5.75 Å². The van der Waals surface area contributed by atoms with Gasteiger partial charge in [-0.2, -0.15) is 0 Å². The molecule has 2 atom stereocenters. The van der Waals surface area contributed by atoms with Crippen molar-refractivity contribution in [1.82, 2.24) is 4.90 Å². The van der Waals surface area contributed by atoms with E-state index in [0.29, 0.717) is 9.99 Å². The highest BCUT2D eigenvalue weighted by atomic mass is 32.2. The van der Waals surface area contributed by atoms with E-state index in [1.165, 1.54) is 28.4 Å². The Balaban J connectivity index is 2.33. The molecule has 0 aromatic heterocycles. The number of hydrogen-bond donors (Lipinski definition) is 3. The van der Waals surface area contributed by atoms with Gasteiger partial charge in [0.05, 0.1) is 23.4 Å². The number of aliphatic hydroxyl groups excluding tert-OH is 2. The van der Waals surface area contributed by atoms with Crippen LogP contribution < -0.4 is 0 Å². The van der Waals surface area contributed by atoms with Gasteiger partial charge in [-0.05, 0) is 6.92 Å². The number of fused-ring (bicyclic) bond motifs is 1. The van der Waals surface area contributed by atoms with Crippen molar-refractivity contribution in [1.29, 1.82) is 0 Å². The zero-order chi connectivity index (χ0) is 13.5. The van der Waals surface area contributed by atoms with E-state index in [1.807, 2.05) is 0 Å². The van der Waals surface area contributed by atoms with E-state index in [2.05, 4.69) is 0 Å². The Hall–Kier alpha value is -0.700. The number of rotatable bonds is 5. The largest absolute Gasteiger partial charge is 0.477 e. The smallest absolute Gasteiger partial charge is 0.354 e. The molecule has 0 aromatic carbocycles. The van der Waals surface area contributed by atoms with Gasteiger partial charge < -0.3 is 15.3 Å². The van der Waals surface area contributed by atoms with Gasteiger partial charge in [0.2, 0.25) is 5.91 Å². The molecule has 1 saturated heterocycles. The number of nitrogens with zero attached hydrogens (tertiary/aromatic N) is 1. The molecule has 2 aliphatic heterocycles. The van der Waals surface area contributed by atoms with Crippen molar-refractivity contribution in [2.45, 2.75) is 24.3 Å². The van der Waals surface area contributed by atoms with Gasteiger partial charge in [0.25, 0.3) is 0 Å². The fourth-order valence-electron chi connectivity index (χ4n) is 2.03. The van der Waals surface area contributed by atoms with Crippen molar-refractivity contribution in [3.8, 4) is 0 Å². The molecular weight excluding hydrogens is 278 g/mol. The predicted octanol–water partition coefficient (Wildman–Crippen LogP) is 0.0218. The van der Waals surface area contributed by atoms with E-state index >= 15 is 0 Å². The third kappa shape index (κ3) is 1.83. The maximum atomic E-state index is 11.6. The van der Waals surface area contributed by atoms with Crippen LogP contribution in [0.1, 0.15) is 13.3 Å². The maximum absolute atomic E-state index is 11.6. The second-order valence-corrected chi connectivity index (χ2v) is 6.72. The lowest BCUT2D eigenvalue weighted by Crippen LogP contribution is -2.64. The maximum Gasteiger partial charge on any atom is 0.354 e. The number of carboxylic acid groups (broad SMARTS) is 1. The number of carbonyl (C=O) groups is 2. The quantitative estimate of drug-likeness (QED) is 0.614. The van der Waals surface area contributed by atoms with E-state index in [0.717, 1.165) is 0 Å². The Morgan fingerprint density at radius 2 is 2.33 bits per heavy atom. The molecule has 3 N–H and O–H groups in total. The van der Waals surface area contributed by atoms with Gasteiger partial charge in [0.15, 0.2) is 5.70 Å². The number of aliphatic hydroxyl groups is 2. The zero-order valence-electron chi connectivity index (χ0n) is 9.62. The SMILES string of the molecule is CC(O)[C@]12CC(=O)N1C(C(=O)O)=C(SCCO)S2. The summed E-state index contributed by atoms with van der Waals surface area (Å²) >= 11 is 2.39. The molecule has 1 unspecified atom stereocenters. The number of β-lactam (4-membered cyclic amide) rings is 1. The normalized spacial score (nSPS) is 28.2. The van der Waals surface area contributed by atoms with Crippen LogP contribution in [0.2, 0.25) is 0 Å². The average molecular weight is 291 g/mol. The first-order valence-electron chi connectivity index (χ1n) is 5.35. The molecule has 0 saturated carbocycles. The van der Waals surface area contributed by atoms with Crippen LogP contribution in [0.25, 0.3) is 0 Å². The van der Waals surface area contributed by atoms with Crippen LogP contribution in [-0.2, 0) is 9.59 Å². The Morgan fingerprint density at radius 3 is 2.78 bits per heavy atom. The molecule has 100 valence electrons. The minimum atomic E-state index is -1.18. The monoisotopic (exact) mass is 291 g/mol. The molecule has 2 rings (SSSR count). The predicted molar refractivity (Wildman–Crippen MR) is 67.7 cm³/mol. The molecule has 18 heavy (non-hydrogen) atoms. The molecule has 0 radical (unpaired) electrons. The van der Waals surface area contributed by atoms with Gasteiger partial charge in [-0.3, -0.25) is 9.69 Å². The number of aliphatic carboxylic acids is 1. The second-order valence-electron chi connectivity index (χ2n) is 4.04. The summed E-state index contributed by atoms with van der Waals surface area (Å²) in [6, 6.07) is 0. The number of carbonyl (C=O) groups excluding carboxylic acids is 1. The van der Waals surface area contributed by atoms with E-state index < -0.39 is 16.9 Å². The molecule has 0 spiro atoms. The van der Waals surface area contributed by atoms with Crippen molar-refractivity contribution >= 4 is 35.4 Å². The van der Waals surface area contributed by atoms with Crippen LogP contribution in [-0.4, -0.2) is 55.4 Å². The molecule has 2 aliphatic rings. The first-order chi connectivity index (χ1) is 8.44. The summed E-state index contributed by atoms with van der Waals surface area (Å²) in [5, 5.41) is 27.8.